The van der Waals surface area contributed by atoms with Gasteiger partial charge in [0.2, 0.25) is 0 Å². The zero-order chi connectivity index (χ0) is 15.4. The standard InChI is InChI=1S/C14H16BrF2N3S/c1-3-20-11(13(15)9(2)19-20)8-18-10-6-4-5-7-12(10)21-14(16)17/h4-7,14,18H,3,8H2,1-2H3. The summed E-state index contributed by atoms with van der Waals surface area (Å²) in [5.41, 5.74) is 2.63. The molecule has 1 heterocycles. The molecule has 0 bridgehead atoms. The summed E-state index contributed by atoms with van der Waals surface area (Å²) in [7, 11) is 0. The maximum Gasteiger partial charge on any atom is 0.288 e. The summed E-state index contributed by atoms with van der Waals surface area (Å²) in [6.45, 7) is 5.23. The van der Waals surface area contributed by atoms with Crippen molar-refractivity contribution in [3.63, 3.8) is 0 Å². The lowest BCUT2D eigenvalue weighted by molar-refractivity contribution is 0.252. The first-order chi connectivity index (χ1) is 10.0. The molecule has 1 aromatic carbocycles. The number of hydrogen-bond donors (Lipinski definition) is 1. The number of halogens is 3. The molecule has 1 N–H and O–H groups in total. The van der Waals surface area contributed by atoms with Gasteiger partial charge in [-0.1, -0.05) is 23.9 Å². The van der Waals surface area contributed by atoms with E-state index in [9.17, 15) is 8.78 Å². The van der Waals surface area contributed by atoms with Crippen LogP contribution in [0, 0.1) is 6.92 Å². The number of hydrogen-bond acceptors (Lipinski definition) is 3. The molecule has 0 amide bonds. The normalized spacial score (nSPS) is 11.1. The molecule has 2 rings (SSSR count). The first-order valence-corrected chi connectivity index (χ1v) is 8.19. The van der Waals surface area contributed by atoms with Gasteiger partial charge < -0.3 is 5.32 Å². The zero-order valence-corrected chi connectivity index (χ0v) is 14.1. The van der Waals surface area contributed by atoms with Crippen LogP contribution in [0.15, 0.2) is 33.6 Å². The van der Waals surface area contributed by atoms with Crippen LogP contribution in [0.2, 0.25) is 0 Å². The van der Waals surface area contributed by atoms with Crippen LogP contribution in [-0.2, 0) is 13.1 Å². The molecule has 1 aromatic heterocycles. The molecule has 0 radical (unpaired) electrons. The maximum absolute atomic E-state index is 12.6. The lowest BCUT2D eigenvalue weighted by atomic mass is 10.3. The molecule has 0 atom stereocenters. The Balaban J connectivity index is 2.17. The molecular formula is C14H16BrF2N3S. The second kappa shape index (κ2) is 7.26. The van der Waals surface area contributed by atoms with Gasteiger partial charge in [-0.25, -0.2) is 0 Å². The van der Waals surface area contributed by atoms with Crippen LogP contribution in [0.25, 0.3) is 0 Å². The second-order valence-corrected chi connectivity index (χ2v) is 6.21. The average Bonchev–Trinajstić information content (AvgIpc) is 2.73. The number of benzene rings is 1. The lowest BCUT2D eigenvalue weighted by Crippen LogP contribution is -2.09. The Labute approximate surface area is 135 Å². The molecule has 0 saturated carbocycles. The van der Waals surface area contributed by atoms with Gasteiger partial charge in [0.05, 0.1) is 22.4 Å². The van der Waals surface area contributed by atoms with Gasteiger partial charge in [-0.05, 0) is 41.9 Å². The van der Waals surface area contributed by atoms with Gasteiger partial charge in [0.25, 0.3) is 5.76 Å². The van der Waals surface area contributed by atoms with Crippen molar-refractivity contribution in [2.75, 3.05) is 5.32 Å². The number of aromatic nitrogens is 2. The molecule has 0 spiro atoms. The van der Waals surface area contributed by atoms with Crippen molar-refractivity contribution < 1.29 is 8.78 Å². The molecule has 0 aliphatic heterocycles. The van der Waals surface area contributed by atoms with E-state index in [1.165, 1.54) is 0 Å². The van der Waals surface area contributed by atoms with E-state index in [4.69, 9.17) is 0 Å². The summed E-state index contributed by atoms with van der Waals surface area (Å²) >= 11 is 4.08. The number of nitrogens with zero attached hydrogens (tertiary/aromatic N) is 2. The van der Waals surface area contributed by atoms with Gasteiger partial charge in [0.15, 0.2) is 0 Å². The van der Waals surface area contributed by atoms with Gasteiger partial charge in [-0.3, -0.25) is 4.68 Å². The van der Waals surface area contributed by atoms with E-state index in [0.717, 1.165) is 22.4 Å². The van der Waals surface area contributed by atoms with Crippen molar-refractivity contribution in [2.24, 2.45) is 0 Å². The van der Waals surface area contributed by atoms with E-state index in [-0.39, 0.29) is 0 Å². The van der Waals surface area contributed by atoms with Crippen LogP contribution in [0.5, 0.6) is 0 Å². The predicted molar refractivity (Wildman–Crippen MR) is 86.0 cm³/mol. The topological polar surface area (TPSA) is 29.9 Å². The third-order valence-electron chi connectivity index (χ3n) is 3.00. The third kappa shape index (κ3) is 3.97. The fourth-order valence-electron chi connectivity index (χ4n) is 2.03. The Bertz CT molecular complexity index is 616. The number of alkyl halides is 2. The van der Waals surface area contributed by atoms with Crippen LogP contribution >= 0.6 is 27.7 Å². The maximum atomic E-state index is 12.6. The molecule has 2 aromatic rings. The molecule has 0 unspecified atom stereocenters. The summed E-state index contributed by atoms with van der Waals surface area (Å²) in [4.78, 5) is 0.544. The molecule has 0 aliphatic rings. The smallest absolute Gasteiger partial charge is 0.288 e. The van der Waals surface area contributed by atoms with Crippen molar-refractivity contribution >= 4 is 33.4 Å². The molecule has 21 heavy (non-hydrogen) atoms. The Morgan fingerprint density at radius 1 is 1.38 bits per heavy atom. The van der Waals surface area contributed by atoms with Crippen molar-refractivity contribution in [1.82, 2.24) is 9.78 Å². The van der Waals surface area contributed by atoms with Crippen LogP contribution < -0.4 is 5.32 Å². The van der Waals surface area contributed by atoms with E-state index < -0.39 is 5.76 Å². The van der Waals surface area contributed by atoms with E-state index in [1.807, 2.05) is 24.6 Å². The Morgan fingerprint density at radius 2 is 2.10 bits per heavy atom. The monoisotopic (exact) mass is 375 g/mol. The van der Waals surface area contributed by atoms with Gasteiger partial charge in [0, 0.05) is 17.1 Å². The quantitative estimate of drug-likeness (QED) is 0.728. The van der Waals surface area contributed by atoms with Gasteiger partial charge in [-0.15, -0.1) is 0 Å². The van der Waals surface area contributed by atoms with E-state index >= 15 is 0 Å². The summed E-state index contributed by atoms with van der Waals surface area (Å²) in [6.07, 6.45) is 0. The number of nitrogens with one attached hydrogen (secondary N) is 1. The zero-order valence-electron chi connectivity index (χ0n) is 11.7. The minimum Gasteiger partial charge on any atom is -0.378 e. The predicted octanol–water partition coefficient (Wildman–Crippen LogP) is 4.90. The van der Waals surface area contributed by atoms with Gasteiger partial charge in [0.1, 0.15) is 0 Å². The molecule has 0 aliphatic carbocycles. The molecule has 114 valence electrons. The second-order valence-electron chi connectivity index (χ2n) is 4.39. The summed E-state index contributed by atoms with van der Waals surface area (Å²) in [5.74, 6) is -2.43. The summed E-state index contributed by atoms with van der Waals surface area (Å²) in [6, 6.07) is 7.08. The van der Waals surface area contributed by atoms with Gasteiger partial charge in [-0.2, -0.15) is 13.9 Å². The first kappa shape index (κ1) is 16.3. The van der Waals surface area contributed by atoms with E-state index in [0.29, 0.717) is 28.9 Å². The Morgan fingerprint density at radius 3 is 2.76 bits per heavy atom. The van der Waals surface area contributed by atoms with Gasteiger partial charge >= 0.3 is 0 Å². The molecule has 0 fully saturated rings. The van der Waals surface area contributed by atoms with Crippen LogP contribution in [0.1, 0.15) is 18.3 Å². The highest BCUT2D eigenvalue weighted by molar-refractivity contribution is 9.10. The number of para-hydroxylation sites is 1. The number of anilines is 1. The lowest BCUT2D eigenvalue weighted by Gasteiger charge is -2.12. The SMILES string of the molecule is CCn1nc(C)c(Br)c1CNc1ccccc1SC(F)F. The van der Waals surface area contributed by atoms with E-state index in [2.05, 4.69) is 26.3 Å². The van der Waals surface area contributed by atoms with E-state index in [1.54, 1.807) is 18.2 Å². The fourth-order valence-corrected chi connectivity index (χ4v) is 3.07. The first-order valence-electron chi connectivity index (χ1n) is 6.52. The van der Waals surface area contributed by atoms with Crippen LogP contribution in [0.4, 0.5) is 14.5 Å². The summed E-state index contributed by atoms with van der Waals surface area (Å²) in [5, 5.41) is 7.64. The van der Waals surface area contributed by atoms with Crippen LogP contribution in [0.3, 0.4) is 0 Å². The van der Waals surface area contributed by atoms with Crippen molar-refractivity contribution in [1.29, 1.82) is 0 Å². The minimum atomic E-state index is -2.43. The number of rotatable bonds is 6. The number of aryl methyl sites for hydroxylation is 2. The Hall–Kier alpha value is -1.08. The van der Waals surface area contributed by atoms with Crippen molar-refractivity contribution in [3.05, 3.63) is 40.1 Å². The van der Waals surface area contributed by atoms with Crippen LogP contribution in [-0.4, -0.2) is 15.5 Å². The molecular weight excluding hydrogens is 360 g/mol. The summed E-state index contributed by atoms with van der Waals surface area (Å²) < 4.78 is 28.0. The molecule has 3 nitrogen and oxygen atoms in total. The number of thioether (sulfide) groups is 1. The minimum absolute atomic E-state index is 0.524. The largest absolute Gasteiger partial charge is 0.378 e. The highest BCUT2D eigenvalue weighted by Gasteiger charge is 2.13. The Kier molecular flexibility index (Phi) is 5.64. The highest BCUT2D eigenvalue weighted by Crippen LogP contribution is 2.32. The molecule has 7 heteroatoms. The van der Waals surface area contributed by atoms with Crippen molar-refractivity contribution in [3.8, 4) is 0 Å². The third-order valence-corrected chi connectivity index (χ3v) is 4.82. The molecule has 0 saturated heterocycles. The fraction of sp³-hybridized carbons (Fsp3) is 0.357. The average molecular weight is 376 g/mol. The highest BCUT2D eigenvalue weighted by atomic mass is 79.9. The van der Waals surface area contributed by atoms with Crippen molar-refractivity contribution in [2.45, 2.75) is 37.6 Å².